The predicted molar refractivity (Wildman–Crippen MR) is 157 cm³/mol. The van der Waals surface area contributed by atoms with E-state index in [4.69, 9.17) is 0 Å². The quantitative estimate of drug-likeness (QED) is 0.190. The van der Waals surface area contributed by atoms with E-state index in [0.717, 1.165) is 28.9 Å². The van der Waals surface area contributed by atoms with E-state index in [1.54, 1.807) is 24.3 Å². The number of hydrogen-bond acceptors (Lipinski definition) is 3. The molecule has 0 fully saturated rings. The Hall–Kier alpha value is -4.94. The molecule has 2 aliphatic heterocycles. The summed E-state index contributed by atoms with van der Waals surface area (Å²) < 4.78 is 103. The van der Waals surface area contributed by atoms with Crippen LogP contribution in [0.5, 0.6) is 0 Å². The maximum absolute atomic E-state index is 13.7. The minimum Gasteiger partial charge on any atom is -0.383 e. The summed E-state index contributed by atoms with van der Waals surface area (Å²) in [7, 11) is 0. The van der Waals surface area contributed by atoms with Gasteiger partial charge in [-0.05, 0) is 82.8 Å². The Morgan fingerprint density at radius 2 is 1.22 bits per heavy atom. The number of hydrogen-bond donors (Lipinski definition) is 3. The number of halogens is 8. The summed E-state index contributed by atoms with van der Waals surface area (Å²) in [4.78, 5) is 23.1. The van der Waals surface area contributed by atoms with Gasteiger partial charge in [0.1, 0.15) is 17.2 Å². The number of anilines is 3. The lowest BCUT2D eigenvalue weighted by Gasteiger charge is -2.18. The van der Waals surface area contributed by atoms with Gasteiger partial charge in [-0.1, -0.05) is 31.2 Å². The largest absolute Gasteiger partial charge is 0.422 e. The van der Waals surface area contributed by atoms with Crippen LogP contribution < -0.4 is 16.0 Å². The van der Waals surface area contributed by atoms with Crippen LogP contribution in [0.15, 0.2) is 72.8 Å². The first kappa shape index (κ1) is 32.5. The van der Waals surface area contributed by atoms with Crippen LogP contribution in [0.3, 0.4) is 0 Å². The number of nitrogens with one attached hydrogen (secondary N) is 3. The average Bonchev–Trinajstić information content (AvgIpc) is 3.12. The highest BCUT2D eigenvalue weighted by molar-refractivity contribution is 5.98. The number of amides is 2. The summed E-state index contributed by atoms with van der Waals surface area (Å²) in [6.07, 6.45) is -8.69. The van der Waals surface area contributed by atoms with Crippen molar-refractivity contribution in [1.82, 2.24) is 0 Å². The summed E-state index contributed by atoms with van der Waals surface area (Å²) in [6.45, 7) is 2.33. The maximum atomic E-state index is 13.7. The monoisotopic (exact) mass is 647 g/mol. The van der Waals surface area contributed by atoms with Gasteiger partial charge in [0.05, 0.1) is 22.9 Å². The normalized spacial score (nSPS) is 16.1. The highest BCUT2D eigenvalue weighted by Crippen LogP contribution is 2.37. The minimum atomic E-state index is -5.09. The molecule has 13 heteroatoms. The Morgan fingerprint density at radius 1 is 0.630 bits per heavy atom. The number of rotatable bonds is 2. The molecule has 3 N–H and O–H groups in total. The molecule has 0 aromatic heterocycles. The van der Waals surface area contributed by atoms with Crippen LogP contribution in [-0.4, -0.2) is 18.4 Å². The van der Waals surface area contributed by atoms with Crippen molar-refractivity contribution in [3.05, 3.63) is 101 Å². The number of carbonyl (C=O) groups is 2. The van der Waals surface area contributed by atoms with E-state index >= 15 is 0 Å². The van der Waals surface area contributed by atoms with Crippen molar-refractivity contribution in [3.8, 4) is 22.3 Å². The number of fused-ring (bicyclic) bond motifs is 2. The Balaban J connectivity index is 0.000000181. The molecule has 6 rings (SSSR count). The summed E-state index contributed by atoms with van der Waals surface area (Å²) in [6, 6.07) is 16.4. The molecule has 0 bridgehead atoms. The lowest BCUT2D eigenvalue weighted by molar-refractivity contribution is -0.142. The Kier molecular flexibility index (Phi) is 8.78. The van der Waals surface area contributed by atoms with Crippen molar-refractivity contribution < 1.29 is 44.7 Å². The van der Waals surface area contributed by atoms with Gasteiger partial charge >= 0.3 is 12.4 Å². The first-order valence-electron chi connectivity index (χ1n) is 14.0. The molecule has 1 unspecified atom stereocenters. The third-order valence-corrected chi connectivity index (χ3v) is 7.53. The molecular formula is C33H25F8N3O2. The molecule has 0 saturated heterocycles. The van der Waals surface area contributed by atoms with E-state index in [1.807, 2.05) is 13.0 Å². The molecule has 4 aromatic rings. The highest BCUT2D eigenvalue weighted by Gasteiger charge is 2.38. The van der Waals surface area contributed by atoms with Crippen molar-refractivity contribution in [2.75, 3.05) is 22.5 Å². The van der Waals surface area contributed by atoms with Crippen LogP contribution in [0.4, 0.5) is 52.2 Å². The summed E-state index contributed by atoms with van der Waals surface area (Å²) in [5.41, 5.74) is 2.09. The minimum absolute atomic E-state index is 0.00713. The molecule has 5 nitrogen and oxygen atoms in total. The third-order valence-electron chi connectivity index (χ3n) is 7.53. The van der Waals surface area contributed by atoms with Gasteiger partial charge in [-0.25, -0.2) is 8.78 Å². The van der Waals surface area contributed by atoms with Crippen molar-refractivity contribution in [3.63, 3.8) is 0 Å². The van der Waals surface area contributed by atoms with Crippen LogP contribution in [0.25, 0.3) is 22.3 Å². The molecule has 0 saturated carbocycles. The van der Waals surface area contributed by atoms with Crippen molar-refractivity contribution in [2.45, 2.75) is 32.1 Å². The first-order chi connectivity index (χ1) is 21.6. The van der Waals surface area contributed by atoms with Gasteiger partial charge < -0.3 is 16.0 Å². The van der Waals surface area contributed by atoms with E-state index in [0.29, 0.717) is 47.6 Å². The summed E-state index contributed by atoms with van der Waals surface area (Å²) in [5, 5.41) is 8.67. The summed E-state index contributed by atoms with van der Waals surface area (Å²) >= 11 is 0. The third kappa shape index (κ3) is 7.13. The second-order valence-corrected chi connectivity index (χ2v) is 10.8. The molecule has 0 radical (unpaired) electrons. The summed E-state index contributed by atoms with van der Waals surface area (Å²) in [5.74, 6) is -3.65. The number of benzene rings is 4. The number of aryl methyl sites for hydroxylation is 1. The van der Waals surface area contributed by atoms with Crippen LogP contribution in [0.1, 0.15) is 30.0 Å². The Labute approximate surface area is 257 Å². The molecule has 4 aromatic carbocycles. The zero-order valence-corrected chi connectivity index (χ0v) is 24.0. The molecule has 2 amide bonds. The predicted octanol–water partition coefficient (Wildman–Crippen LogP) is 8.91. The Bertz CT molecular complexity index is 1780. The molecule has 46 heavy (non-hydrogen) atoms. The first-order valence-corrected chi connectivity index (χ1v) is 14.0. The van der Waals surface area contributed by atoms with Gasteiger partial charge in [0.15, 0.2) is 0 Å². The van der Waals surface area contributed by atoms with Crippen molar-refractivity contribution in [1.29, 1.82) is 0 Å². The molecule has 240 valence electrons. The molecule has 0 aliphatic carbocycles. The van der Waals surface area contributed by atoms with E-state index in [-0.39, 0.29) is 29.7 Å². The van der Waals surface area contributed by atoms with E-state index in [1.165, 1.54) is 18.2 Å². The smallest absolute Gasteiger partial charge is 0.383 e. The number of alkyl halides is 6. The topological polar surface area (TPSA) is 70.2 Å². The second-order valence-electron chi connectivity index (χ2n) is 10.8. The van der Waals surface area contributed by atoms with Gasteiger partial charge in [-0.2, -0.15) is 26.3 Å². The zero-order chi connectivity index (χ0) is 33.4. The molecule has 2 heterocycles. The van der Waals surface area contributed by atoms with Gasteiger partial charge in [0.25, 0.3) is 0 Å². The van der Waals surface area contributed by atoms with Crippen LogP contribution in [0, 0.1) is 17.6 Å². The molecule has 0 spiro atoms. The molecule has 1 atom stereocenters. The molecular weight excluding hydrogens is 622 g/mol. The van der Waals surface area contributed by atoms with E-state index in [2.05, 4.69) is 16.0 Å². The van der Waals surface area contributed by atoms with Crippen LogP contribution in [0.2, 0.25) is 0 Å². The average molecular weight is 648 g/mol. The zero-order valence-electron chi connectivity index (χ0n) is 24.0. The number of carbonyl (C=O) groups excluding carboxylic acids is 2. The van der Waals surface area contributed by atoms with E-state index < -0.39 is 35.1 Å². The highest BCUT2D eigenvalue weighted by atomic mass is 19.4. The van der Waals surface area contributed by atoms with Crippen LogP contribution >= 0.6 is 0 Å². The lowest BCUT2D eigenvalue weighted by Crippen LogP contribution is -2.22. The van der Waals surface area contributed by atoms with Gasteiger partial charge in [-0.3, -0.25) is 9.59 Å². The Morgan fingerprint density at radius 3 is 1.83 bits per heavy atom. The van der Waals surface area contributed by atoms with Gasteiger partial charge in [0, 0.05) is 18.7 Å². The lowest BCUT2D eigenvalue weighted by atomic mass is 9.96. The fourth-order valence-electron chi connectivity index (χ4n) is 5.02. The van der Waals surface area contributed by atoms with Crippen LogP contribution in [-0.2, 0) is 28.4 Å². The second kappa shape index (κ2) is 12.5. The van der Waals surface area contributed by atoms with Crippen molar-refractivity contribution >= 4 is 28.9 Å². The van der Waals surface area contributed by atoms with E-state index in [9.17, 15) is 44.7 Å². The van der Waals surface area contributed by atoms with Gasteiger partial charge in [-0.15, -0.1) is 0 Å². The standard InChI is InChI=1S/C17H15F3N2O.C16H10F5NO/c1-10-9-21-15-8-12(4-7-14(15)22-16(10)23)11-2-5-13(6-3-11)17(18,19)20;17-11-6-10(7-12(18)15(11)16(19,20)21)8-1-3-13-9(5-8)2-4-14(23)22-13/h2-8,10,21H,9H2,1H3,(H,22,23);1,3,5-7H,2,4H2,(H,22,23). The SMILES string of the molecule is CC1CNc2cc(-c3ccc(C(F)(F)F)cc3)ccc2NC1=O.O=C1CCc2cc(-c3cc(F)c(C(F)(F)F)c(F)c3)ccc2N1. The maximum Gasteiger partial charge on any atom is 0.422 e. The molecule has 2 aliphatic rings. The van der Waals surface area contributed by atoms with Crippen molar-refractivity contribution in [2.24, 2.45) is 5.92 Å². The fourth-order valence-corrected chi connectivity index (χ4v) is 5.02. The van der Waals surface area contributed by atoms with Gasteiger partial charge in [0.2, 0.25) is 11.8 Å². The fraction of sp³-hybridized carbons (Fsp3) is 0.212.